The van der Waals surface area contributed by atoms with Crippen molar-refractivity contribution in [3.05, 3.63) is 68.7 Å². The second kappa shape index (κ2) is 6.98. The van der Waals surface area contributed by atoms with Crippen molar-refractivity contribution in [3.63, 3.8) is 0 Å². The number of nitrogens with one attached hydrogen (secondary N) is 1. The molecule has 1 atom stereocenters. The van der Waals surface area contributed by atoms with E-state index in [1.165, 1.54) is 10.9 Å². The average molecular weight is 342 g/mol. The highest BCUT2D eigenvalue weighted by molar-refractivity contribution is 7.10. The minimum absolute atomic E-state index is 0.0300. The average Bonchev–Trinajstić information content (AvgIpc) is 3.08. The van der Waals surface area contributed by atoms with Crippen LogP contribution < -0.4 is 10.7 Å². The molecule has 0 radical (unpaired) electrons. The number of rotatable bonds is 5. The van der Waals surface area contributed by atoms with Crippen LogP contribution in [0.2, 0.25) is 0 Å². The number of amides is 1. The number of hydrogen-bond acceptors (Lipinski definition) is 5. The van der Waals surface area contributed by atoms with E-state index in [4.69, 9.17) is 4.42 Å². The lowest BCUT2D eigenvalue weighted by Crippen LogP contribution is -2.34. The molecule has 3 aromatic rings. The Labute approximate surface area is 143 Å². The van der Waals surface area contributed by atoms with Crippen LogP contribution in [0.4, 0.5) is 0 Å². The molecule has 0 saturated carbocycles. The normalized spacial score (nSPS) is 12.5. The largest absolute Gasteiger partial charge is 0.451 e. The molecule has 0 spiro atoms. The van der Waals surface area contributed by atoms with E-state index in [0.29, 0.717) is 17.5 Å². The second-order valence-corrected chi connectivity index (χ2v) is 6.66. The molecule has 0 unspecified atom stereocenters. The summed E-state index contributed by atoms with van der Waals surface area (Å²) in [5.41, 5.74) is 0.196. The van der Waals surface area contributed by atoms with Crippen LogP contribution in [-0.2, 0) is 0 Å². The first-order valence-electron chi connectivity index (χ1n) is 7.57. The van der Waals surface area contributed by atoms with Gasteiger partial charge in [-0.15, -0.1) is 11.3 Å². The molecular formula is C18H18N2O3S. The standard InChI is InChI=1S/C18H18N2O3S/c1-20(2)13(17-8-5-9-24-17)11-19-18(22)16-10-14(21)12-6-3-4-7-15(12)23-16/h3-10,13H,11H2,1-2H3,(H,19,22)/t13-/m1/s1. The molecular weight excluding hydrogens is 324 g/mol. The number of hydrogen-bond donors (Lipinski definition) is 1. The summed E-state index contributed by atoms with van der Waals surface area (Å²) in [4.78, 5) is 27.7. The van der Waals surface area contributed by atoms with Crippen molar-refractivity contribution in [2.24, 2.45) is 0 Å². The van der Waals surface area contributed by atoms with Crippen molar-refractivity contribution in [1.29, 1.82) is 0 Å². The van der Waals surface area contributed by atoms with Gasteiger partial charge in [-0.25, -0.2) is 0 Å². The summed E-state index contributed by atoms with van der Waals surface area (Å²) in [5.74, 6) is -0.358. The maximum Gasteiger partial charge on any atom is 0.287 e. The Bertz CT molecular complexity index is 900. The van der Waals surface area contributed by atoms with Crippen LogP contribution in [0, 0.1) is 0 Å². The van der Waals surface area contributed by atoms with E-state index in [0.717, 1.165) is 0 Å². The van der Waals surface area contributed by atoms with Gasteiger partial charge < -0.3 is 14.6 Å². The Balaban J connectivity index is 1.79. The lowest BCUT2D eigenvalue weighted by atomic mass is 10.2. The SMILES string of the molecule is CN(C)[C@H](CNC(=O)c1cc(=O)c2ccccc2o1)c1cccs1. The molecule has 0 aliphatic heterocycles. The van der Waals surface area contributed by atoms with Gasteiger partial charge in [-0.1, -0.05) is 18.2 Å². The number of fused-ring (bicyclic) bond motifs is 1. The molecule has 0 bridgehead atoms. The van der Waals surface area contributed by atoms with Gasteiger partial charge >= 0.3 is 0 Å². The quantitative estimate of drug-likeness (QED) is 0.774. The highest BCUT2D eigenvalue weighted by Gasteiger charge is 2.18. The van der Waals surface area contributed by atoms with E-state index >= 15 is 0 Å². The van der Waals surface area contributed by atoms with Gasteiger partial charge in [-0.05, 0) is 37.7 Å². The highest BCUT2D eigenvalue weighted by atomic mass is 32.1. The third-order valence-corrected chi connectivity index (χ3v) is 4.78. The minimum Gasteiger partial charge on any atom is -0.451 e. The summed E-state index contributed by atoms with van der Waals surface area (Å²) in [7, 11) is 3.93. The van der Waals surface area contributed by atoms with E-state index in [1.807, 2.05) is 36.5 Å². The summed E-state index contributed by atoms with van der Waals surface area (Å²) in [6.45, 7) is 0.433. The number of thiophene rings is 1. The molecule has 124 valence electrons. The van der Waals surface area contributed by atoms with Gasteiger partial charge in [0.05, 0.1) is 11.4 Å². The summed E-state index contributed by atoms with van der Waals surface area (Å²) in [6, 6.07) is 12.2. The first kappa shape index (κ1) is 16.4. The molecule has 0 aliphatic carbocycles. The van der Waals surface area contributed by atoms with Crippen molar-refractivity contribution in [1.82, 2.24) is 10.2 Å². The van der Waals surface area contributed by atoms with Gasteiger partial charge in [0.1, 0.15) is 5.58 Å². The fraction of sp³-hybridized carbons (Fsp3) is 0.222. The Hall–Kier alpha value is -2.44. The number of likely N-dealkylation sites (N-methyl/N-ethyl adjacent to an activating group) is 1. The summed E-state index contributed by atoms with van der Waals surface area (Å²) in [6.07, 6.45) is 0. The van der Waals surface area contributed by atoms with Crippen molar-refractivity contribution in [3.8, 4) is 0 Å². The van der Waals surface area contributed by atoms with Crippen LogP contribution >= 0.6 is 11.3 Å². The van der Waals surface area contributed by atoms with E-state index in [2.05, 4.69) is 5.32 Å². The molecule has 1 aromatic carbocycles. The van der Waals surface area contributed by atoms with Crippen molar-refractivity contribution in [2.45, 2.75) is 6.04 Å². The second-order valence-electron chi connectivity index (χ2n) is 5.68. The fourth-order valence-electron chi connectivity index (χ4n) is 2.51. The predicted molar refractivity (Wildman–Crippen MR) is 95.6 cm³/mol. The van der Waals surface area contributed by atoms with Crippen molar-refractivity contribution < 1.29 is 9.21 Å². The van der Waals surface area contributed by atoms with Gasteiger partial charge in [-0.2, -0.15) is 0 Å². The molecule has 24 heavy (non-hydrogen) atoms. The van der Waals surface area contributed by atoms with E-state index in [1.54, 1.807) is 35.6 Å². The number of carbonyl (C=O) groups excluding carboxylic acids is 1. The molecule has 0 fully saturated rings. The number of nitrogens with zero attached hydrogens (tertiary/aromatic N) is 1. The number of carbonyl (C=O) groups is 1. The van der Waals surface area contributed by atoms with Crippen molar-refractivity contribution in [2.75, 3.05) is 20.6 Å². The van der Waals surface area contributed by atoms with Crippen molar-refractivity contribution >= 4 is 28.2 Å². The topological polar surface area (TPSA) is 62.6 Å². The maximum atomic E-state index is 12.4. The van der Waals surface area contributed by atoms with Gasteiger partial charge in [0.2, 0.25) is 0 Å². The van der Waals surface area contributed by atoms with Gasteiger partial charge in [0, 0.05) is 17.5 Å². The Kier molecular flexibility index (Phi) is 4.78. The number of para-hydroxylation sites is 1. The molecule has 6 heteroatoms. The van der Waals surface area contributed by atoms with Crippen LogP contribution in [0.15, 0.2) is 57.1 Å². The lowest BCUT2D eigenvalue weighted by molar-refractivity contribution is 0.0915. The molecule has 5 nitrogen and oxygen atoms in total. The molecule has 1 N–H and O–H groups in total. The lowest BCUT2D eigenvalue weighted by Gasteiger charge is -2.23. The third-order valence-electron chi connectivity index (χ3n) is 3.81. The van der Waals surface area contributed by atoms with E-state index in [-0.39, 0.29) is 23.1 Å². The van der Waals surface area contributed by atoms with Gasteiger partial charge in [-0.3, -0.25) is 9.59 Å². The zero-order valence-corrected chi connectivity index (χ0v) is 14.3. The Morgan fingerprint density at radius 2 is 2.04 bits per heavy atom. The van der Waals surface area contributed by atoms with E-state index < -0.39 is 0 Å². The minimum atomic E-state index is -0.388. The molecule has 3 rings (SSSR count). The van der Waals surface area contributed by atoms with Crippen LogP contribution in [-0.4, -0.2) is 31.4 Å². The number of benzene rings is 1. The van der Waals surface area contributed by atoms with Gasteiger partial charge in [0.15, 0.2) is 11.2 Å². The smallest absolute Gasteiger partial charge is 0.287 e. The molecule has 2 heterocycles. The summed E-state index contributed by atoms with van der Waals surface area (Å²) < 4.78 is 5.56. The summed E-state index contributed by atoms with van der Waals surface area (Å²) in [5, 5.41) is 5.34. The fourth-order valence-corrected chi connectivity index (χ4v) is 3.43. The molecule has 0 saturated heterocycles. The Morgan fingerprint density at radius 1 is 1.25 bits per heavy atom. The monoisotopic (exact) mass is 342 g/mol. The van der Waals surface area contributed by atoms with Gasteiger partial charge in [0.25, 0.3) is 5.91 Å². The molecule has 1 amide bonds. The predicted octanol–water partition coefficient (Wildman–Crippen LogP) is 2.89. The van der Waals surface area contributed by atoms with Crippen LogP contribution in [0.5, 0.6) is 0 Å². The maximum absolute atomic E-state index is 12.4. The highest BCUT2D eigenvalue weighted by Crippen LogP contribution is 2.22. The van der Waals surface area contributed by atoms with Crippen LogP contribution in [0.1, 0.15) is 21.5 Å². The van der Waals surface area contributed by atoms with E-state index in [9.17, 15) is 9.59 Å². The first-order valence-corrected chi connectivity index (χ1v) is 8.45. The molecule has 2 aromatic heterocycles. The summed E-state index contributed by atoms with van der Waals surface area (Å²) >= 11 is 1.64. The van der Waals surface area contributed by atoms with Crippen LogP contribution in [0.25, 0.3) is 11.0 Å². The first-order chi connectivity index (χ1) is 11.6. The molecule has 0 aliphatic rings. The van der Waals surface area contributed by atoms with Crippen LogP contribution in [0.3, 0.4) is 0 Å². The Morgan fingerprint density at radius 3 is 2.75 bits per heavy atom. The zero-order chi connectivity index (χ0) is 17.1. The zero-order valence-electron chi connectivity index (χ0n) is 13.5. The third kappa shape index (κ3) is 3.39.